The lowest BCUT2D eigenvalue weighted by molar-refractivity contribution is -0.901. The molecule has 0 heterocycles. The fourth-order valence-corrected chi connectivity index (χ4v) is 1.54. The van der Waals surface area contributed by atoms with Crippen LogP contribution in [-0.4, -0.2) is 31.7 Å². The largest absolute Gasteiger partial charge is 1.00 e. The van der Waals surface area contributed by atoms with E-state index in [0.717, 1.165) is 30.3 Å². The predicted octanol–water partition coefficient (Wildman–Crippen LogP) is 2.48. The summed E-state index contributed by atoms with van der Waals surface area (Å²) in [5, 5.41) is 9.69. The first-order chi connectivity index (χ1) is 10.5. The van der Waals surface area contributed by atoms with E-state index in [1.165, 1.54) is 12.1 Å². The smallest absolute Gasteiger partial charge is 0.104 e. The topological polar surface area (TPSA) is 19.9 Å². The number of nitrogens with zero attached hydrogens (tertiary/aromatic N) is 1. The summed E-state index contributed by atoms with van der Waals surface area (Å²) in [4.78, 5) is 0. The highest BCUT2D eigenvalue weighted by Gasteiger charge is 2.11. The molecule has 0 aliphatic rings. The lowest BCUT2D eigenvalue weighted by atomic mass is 10.2. The van der Waals surface area contributed by atoms with Crippen LogP contribution in [0.5, 0.6) is 0 Å². The Morgan fingerprint density at radius 2 is 1.48 bits per heavy atom. The van der Waals surface area contributed by atoms with Gasteiger partial charge in [-0.05, 0) is 27.2 Å². The van der Waals surface area contributed by atoms with Gasteiger partial charge in [-0.25, -0.2) is 5.11 Å². The minimum Gasteiger partial charge on any atom is -1.00 e. The van der Waals surface area contributed by atoms with Crippen LogP contribution >= 0.6 is 0 Å². The summed E-state index contributed by atoms with van der Waals surface area (Å²) in [6, 6.07) is 10.6. The second-order valence-corrected chi connectivity index (χ2v) is 5.97. The molecule has 0 spiro atoms. The minimum atomic E-state index is 0. The highest BCUT2D eigenvalue weighted by Crippen LogP contribution is 2.07. The SMILES string of the molecule is CC=CC.CCCCC[O].CC[N+](C)(C)Cc1ccccc1.[Cl-]. The van der Waals surface area contributed by atoms with Crippen LogP contribution in [0.1, 0.15) is 52.5 Å². The number of halogens is 1. The van der Waals surface area contributed by atoms with Gasteiger partial charge in [0, 0.05) is 5.56 Å². The van der Waals surface area contributed by atoms with Gasteiger partial charge in [-0.1, -0.05) is 62.2 Å². The van der Waals surface area contributed by atoms with Crippen LogP contribution in [0.25, 0.3) is 0 Å². The number of hydrogen-bond donors (Lipinski definition) is 0. The summed E-state index contributed by atoms with van der Waals surface area (Å²) in [6.07, 6.45) is 7.11. The molecule has 0 atom stereocenters. The normalized spacial score (nSPS) is 10.0. The van der Waals surface area contributed by atoms with Gasteiger partial charge in [-0.3, -0.25) is 0 Å². The number of rotatable bonds is 6. The molecule has 23 heavy (non-hydrogen) atoms. The Balaban J connectivity index is -0.000000309. The van der Waals surface area contributed by atoms with Gasteiger partial charge in [0.1, 0.15) is 6.54 Å². The summed E-state index contributed by atoms with van der Waals surface area (Å²) in [6.45, 7) is 10.7. The van der Waals surface area contributed by atoms with Gasteiger partial charge in [0.25, 0.3) is 0 Å². The number of quaternary nitrogens is 1. The lowest BCUT2D eigenvalue weighted by Crippen LogP contribution is -3.00. The van der Waals surface area contributed by atoms with Crippen molar-refractivity contribution in [3.8, 4) is 0 Å². The number of unbranched alkanes of at least 4 members (excludes halogenated alkanes) is 2. The summed E-state index contributed by atoms with van der Waals surface area (Å²) in [7, 11) is 4.51. The van der Waals surface area contributed by atoms with Gasteiger partial charge in [0.15, 0.2) is 0 Å². The molecule has 3 heteroatoms. The maximum absolute atomic E-state index is 9.69. The van der Waals surface area contributed by atoms with Crippen LogP contribution in [-0.2, 0) is 11.7 Å². The molecular formula is C20H37ClNO. The molecule has 0 aliphatic carbocycles. The third kappa shape index (κ3) is 21.2. The molecule has 0 aliphatic heterocycles. The molecular weight excluding hydrogens is 306 g/mol. The quantitative estimate of drug-likeness (QED) is 0.430. The average molecular weight is 343 g/mol. The molecule has 0 saturated carbocycles. The molecule has 0 N–H and O–H groups in total. The zero-order chi connectivity index (χ0) is 17.3. The standard InChI is InChI=1S/C11H18N.C5H11O.C4H8.ClH/c1-4-12(2,3)10-11-8-6-5-7-9-11;1-2-3-4-5-6;1-3-4-2;/h5-9H,4,10H2,1-3H3;2-5H2,1H3;3-4H,1-2H3;1H/q+1;;;/p-1. The third-order valence-electron chi connectivity index (χ3n) is 3.39. The minimum absolute atomic E-state index is 0. The second-order valence-electron chi connectivity index (χ2n) is 5.97. The Labute approximate surface area is 151 Å². The van der Waals surface area contributed by atoms with Crippen LogP contribution in [0, 0.1) is 0 Å². The molecule has 1 aromatic carbocycles. The molecule has 0 aromatic heterocycles. The van der Waals surface area contributed by atoms with E-state index in [1.807, 2.05) is 26.0 Å². The van der Waals surface area contributed by atoms with Crippen LogP contribution in [0.2, 0.25) is 0 Å². The summed E-state index contributed by atoms with van der Waals surface area (Å²) >= 11 is 0. The first-order valence-electron chi connectivity index (χ1n) is 8.48. The zero-order valence-electron chi connectivity index (χ0n) is 16.0. The van der Waals surface area contributed by atoms with Crippen LogP contribution < -0.4 is 12.4 Å². The molecule has 1 aromatic rings. The van der Waals surface area contributed by atoms with Crippen molar-refractivity contribution in [1.82, 2.24) is 0 Å². The maximum atomic E-state index is 9.69. The number of hydrogen-bond acceptors (Lipinski definition) is 0. The Morgan fingerprint density at radius 1 is 0.957 bits per heavy atom. The molecule has 1 radical (unpaired) electrons. The van der Waals surface area contributed by atoms with E-state index in [2.05, 4.69) is 58.3 Å². The predicted molar refractivity (Wildman–Crippen MR) is 98.4 cm³/mol. The fraction of sp³-hybridized carbons (Fsp3) is 0.600. The molecule has 0 saturated heterocycles. The van der Waals surface area contributed by atoms with E-state index < -0.39 is 0 Å². The van der Waals surface area contributed by atoms with E-state index in [4.69, 9.17) is 0 Å². The van der Waals surface area contributed by atoms with Gasteiger partial charge in [-0.15, -0.1) is 0 Å². The molecule has 2 nitrogen and oxygen atoms in total. The monoisotopic (exact) mass is 342 g/mol. The van der Waals surface area contributed by atoms with Gasteiger partial charge < -0.3 is 16.9 Å². The van der Waals surface area contributed by atoms with Crippen molar-refractivity contribution in [1.29, 1.82) is 0 Å². The van der Waals surface area contributed by atoms with Crippen molar-refractivity contribution in [3.63, 3.8) is 0 Å². The molecule has 135 valence electrons. The zero-order valence-corrected chi connectivity index (χ0v) is 16.8. The van der Waals surface area contributed by atoms with Crippen LogP contribution in [0.3, 0.4) is 0 Å². The first kappa shape index (κ1) is 27.0. The number of allylic oxidation sites excluding steroid dienone is 2. The van der Waals surface area contributed by atoms with Gasteiger partial charge >= 0.3 is 0 Å². The fourth-order valence-electron chi connectivity index (χ4n) is 1.54. The van der Waals surface area contributed by atoms with Crippen molar-refractivity contribution < 1.29 is 22.0 Å². The third-order valence-corrected chi connectivity index (χ3v) is 3.39. The van der Waals surface area contributed by atoms with Gasteiger partial charge in [0.2, 0.25) is 0 Å². The van der Waals surface area contributed by atoms with Crippen molar-refractivity contribution >= 4 is 0 Å². The molecule has 0 bridgehead atoms. The van der Waals surface area contributed by atoms with E-state index in [1.54, 1.807) is 0 Å². The number of benzene rings is 1. The van der Waals surface area contributed by atoms with Gasteiger partial charge in [0.05, 0.1) is 27.2 Å². The highest BCUT2D eigenvalue weighted by atomic mass is 35.5. The summed E-state index contributed by atoms with van der Waals surface area (Å²) in [5.74, 6) is 0. The Bertz CT molecular complexity index is 342. The van der Waals surface area contributed by atoms with E-state index in [-0.39, 0.29) is 19.0 Å². The molecule has 1 rings (SSSR count). The molecule has 0 unspecified atom stereocenters. The second kappa shape index (κ2) is 19.2. The summed E-state index contributed by atoms with van der Waals surface area (Å²) in [5.41, 5.74) is 1.42. The van der Waals surface area contributed by atoms with Crippen LogP contribution in [0.4, 0.5) is 0 Å². The van der Waals surface area contributed by atoms with Gasteiger partial charge in [-0.2, -0.15) is 0 Å². The summed E-state index contributed by atoms with van der Waals surface area (Å²) < 4.78 is 1.06. The highest BCUT2D eigenvalue weighted by molar-refractivity contribution is 5.13. The maximum Gasteiger partial charge on any atom is 0.104 e. The van der Waals surface area contributed by atoms with Crippen molar-refractivity contribution in [3.05, 3.63) is 48.0 Å². The Morgan fingerprint density at radius 3 is 1.78 bits per heavy atom. The van der Waals surface area contributed by atoms with E-state index >= 15 is 0 Å². The molecule has 0 amide bonds. The Hall–Kier alpha value is -0.830. The first-order valence-corrected chi connectivity index (χ1v) is 8.48. The van der Waals surface area contributed by atoms with Crippen molar-refractivity contribution in [2.45, 2.75) is 53.5 Å². The van der Waals surface area contributed by atoms with E-state index in [9.17, 15) is 5.11 Å². The average Bonchev–Trinajstić information content (AvgIpc) is 2.54. The Kier molecular flexibility index (Phi) is 22.6. The van der Waals surface area contributed by atoms with Crippen molar-refractivity contribution in [2.75, 3.05) is 27.2 Å². The van der Waals surface area contributed by atoms with Crippen LogP contribution in [0.15, 0.2) is 42.5 Å². The molecule has 0 fully saturated rings. The van der Waals surface area contributed by atoms with E-state index in [0.29, 0.717) is 0 Å². The van der Waals surface area contributed by atoms with Crippen molar-refractivity contribution in [2.24, 2.45) is 0 Å². The lowest BCUT2D eigenvalue weighted by Gasteiger charge is -2.28.